The molecule has 5 heteroatoms. The molecular formula is C16H17BrN2O2. The molecule has 1 aliphatic rings. The second kappa shape index (κ2) is 6.43. The number of benzene rings is 1. The van der Waals surface area contributed by atoms with Gasteiger partial charge in [0.2, 0.25) is 0 Å². The number of ether oxygens (including phenoxy) is 1. The van der Waals surface area contributed by atoms with Gasteiger partial charge in [-0.1, -0.05) is 28.8 Å². The van der Waals surface area contributed by atoms with Crippen molar-refractivity contribution < 1.29 is 9.53 Å². The van der Waals surface area contributed by atoms with Crippen LogP contribution in [0.1, 0.15) is 47.8 Å². The highest BCUT2D eigenvalue weighted by atomic mass is 79.9. The largest absolute Gasteiger partial charge is 0.486 e. The Bertz CT molecular complexity index is 633. The third-order valence-corrected chi connectivity index (χ3v) is 4.33. The Hall–Kier alpha value is -1.62. The number of carbonyl (C=O) groups is 1. The molecule has 0 atom stereocenters. The average Bonchev–Trinajstić information content (AvgIpc) is 3.16. The summed E-state index contributed by atoms with van der Waals surface area (Å²) in [5.74, 6) is 0.587. The summed E-state index contributed by atoms with van der Waals surface area (Å²) in [5, 5.41) is 4.57. The minimum Gasteiger partial charge on any atom is -0.486 e. The van der Waals surface area contributed by atoms with Crippen molar-refractivity contribution in [3.05, 3.63) is 46.2 Å². The molecule has 1 aromatic heterocycles. The second-order valence-electron chi connectivity index (χ2n) is 5.31. The fraction of sp³-hybridized carbons (Fsp3) is 0.375. The topological polar surface area (TPSA) is 44.1 Å². The number of carbonyl (C=O) groups excluding carboxylic acids is 1. The van der Waals surface area contributed by atoms with Gasteiger partial charge in [0, 0.05) is 10.7 Å². The highest BCUT2D eigenvalue weighted by Gasteiger charge is 2.17. The molecule has 21 heavy (non-hydrogen) atoms. The van der Waals surface area contributed by atoms with E-state index in [9.17, 15) is 4.79 Å². The zero-order chi connectivity index (χ0) is 14.7. The number of hydrogen-bond donors (Lipinski definition) is 0. The zero-order valence-corrected chi connectivity index (χ0v) is 13.3. The molecule has 110 valence electrons. The summed E-state index contributed by atoms with van der Waals surface area (Å²) in [6.45, 7) is 0.377. The fourth-order valence-corrected chi connectivity index (χ4v) is 3.10. The second-order valence-corrected chi connectivity index (χ2v) is 6.23. The molecule has 1 aromatic carbocycles. The predicted octanol–water partition coefficient (Wildman–Crippen LogP) is 4.15. The molecule has 0 bridgehead atoms. The van der Waals surface area contributed by atoms with Gasteiger partial charge in [0.15, 0.2) is 6.29 Å². The zero-order valence-electron chi connectivity index (χ0n) is 11.7. The number of halogens is 1. The quantitative estimate of drug-likeness (QED) is 0.762. The lowest BCUT2D eigenvalue weighted by Crippen LogP contribution is -2.06. The van der Waals surface area contributed by atoms with Crippen LogP contribution >= 0.6 is 15.9 Å². The van der Waals surface area contributed by atoms with Crippen molar-refractivity contribution in [3.8, 4) is 5.75 Å². The van der Waals surface area contributed by atoms with E-state index in [0.29, 0.717) is 24.0 Å². The summed E-state index contributed by atoms with van der Waals surface area (Å²) in [6, 6.07) is 7.93. The number of hydrogen-bond acceptors (Lipinski definition) is 3. The Kier molecular flexibility index (Phi) is 4.39. The lowest BCUT2D eigenvalue weighted by atomic mass is 10.2. The molecule has 1 saturated carbocycles. The van der Waals surface area contributed by atoms with Crippen molar-refractivity contribution in [2.24, 2.45) is 0 Å². The highest BCUT2D eigenvalue weighted by molar-refractivity contribution is 9.10. The normalized spacial score (nSPS) is 15.3. The smallest absolute Gasteiger partial charge is 0.153 e. The Morgan fingerprint density at radius 2 is 2.14 bits per heavy atom. The lowest BCUT2D eigenvalue weighted by molar-refractivity contribution is 0.111. The predicted molar refractivity (Wildman–Crippen MR) is 83.6 cm³/mol. The van der Waals surface area contributed by atoms with Gasteiger partial charge in [0.1, 0.15) is 12.4 Å². The summed E-state index contributed by atoms with van der Waals surface area (Å²) in [7, 11) is 0. The number of aldehydes is 1. The number of nitrogens with zero attached hydrogens (tertiary/aromatic N) is 2. The van der Waals surface area contributed by atoms with E-state index < -0.39 is 0 Å². The molecule has 1 fully saturated rings. The molecule has 1 aliphatic carbocycles. The van der Waals surface area contributed by atoms with E-state index in [0.717, 1.165) is 16.5 Å². The first-order valence-corrected chi connectivity index (χ1v) is 7.97. The highest BCUT2D eigenvalue weighted by Crippen LogP contribution is 2.29. The third kappa shape index (κ3) is 3.35. The van der Waals surface area contributed by atoms with Crippen LogP contribution < -0.4 is 4.74 Å². The van der Waals surface area contributed by atoms with E-state index in [4.69, 9.17) is 4.74 Å². The Balaban J connectivity index is 1.66. The summed E-state index contributed by atoms with van der Waals surface area (Å²) in [4.78, 5) is 11.0. The summed E-state index contributed by atoms with van der Waals surface area (Å²) in [5.41, 5.74) is 1.43. The monoisotopic (exact) mass is 348 g/mol. The van der Waals surface area contributed by atoms with E-state index in [1.165, 1.54) is 25.7 Å². The lowest BCUT2D eigenvalue weighted by Gasteiger charge is -2.09. The van der Waals surface area contributed by atoms with Gasteiger partial charge in [-0.05, 0) is 37.1 Å². The van der Waals surface area contributed by atoms with Crippen LogP contribution in [0.4, 0.5) is 0 Å². The van der Waals surface area contributed by atoms with E-state index in [2.05, 4.69) is 21.0 Å². The van der Waals surface area contributed by atoms with Crippen LogP contribution in [-0.2, 0) is 6.61 Å². The Morgan fingerprint density at radius 3 is 2.90 bits per heavy atom. The molecule has 3 rings (SSSR count). The van der Waals surface area contributed by atoms with Gasteiger partial charge in [-0.2, -0.15) is 5.10 Å². The molecule has 0 amide bonds. The fourth-order valence-electron chi connectivity index (χ4n) is 2.72. The van der Waals surface area contributed by atoms with Crippen molar-refractivity contribution in [2.45, 2.75) is 38.3 Å². The van der Waals surface area contributed by atoms with Gasteiger partial charge in [0.25, 0.3) is 0 Å². The molecule has 0 radical (unpaired) electrons. The summed E-state index contributed by atoms with van der Waals surface area (Å²) < 4.78 is 8.63. The molecule has 1 heterocycles. The van der Waals surface area contributed by atoms with Crippen molar-refractivity contribution in [1.29, 1.82) is 0 Å². The molecule has 0 aliphatic heterocycles. The molecule has 4 nitrogen and oxygen atoms in total. The SMILES string of the molecule is O=Cc1cc(Br)ccc1OCc1ccn(C2CCCC2)n1. The number of rotatable bonds is 5. The van der Waals surface area contributed by atoms with Crippen LogP contribution in [0, 0.1) is 0 Å². The van der Waals surface area contributed by atoms with Crippen LogP contribution in [0.2, 0.25) is 0 Å². The van der Waals surface area contributed by atoms with Crippen molar-refractivity contribution >= 4 is 22.2 Å². The van der Waals surface area contributed by atoms with Crippen molar-refractivity contribution in [2.75, 3.05) is 0 Å². The van der Waals surface area contributed by atoms with Gasteiger partial charge in [-0.25, -0.2) is 0 Å². The van der Waals surface area contributed by atoms with E-state index in [-0.39, 0.29) is 0 Å². The maximum Gasteiger partial charge on any atom is 0.153 e. The van der Waals surface area contributed by atoms with Crippen LogP contribution in [-0.4, -0.2) is 16.1 Å². The van der Waals surface area contributed by atoms with E-state index >= 15 is 0 Å². The van der Waals surface area contributed by atoms with Gasteiger partial charge in [-0.15, -0.1) is 0 Å². The standard InChI is InChI=1S/C16H17BrN2O2/c17-13-5-6-16(12(9-13)10-20)21-11-14-7-8-19(18-14)15-3-1-2-4-15/h5-10,15H,1-4,11H2. The van der Waals surface area contributed by atoms with Gasteiger partial charge < -0.3 is 4.74 Å². The average molecular weight is 349 g/mol. The maximum absolute atomic E-state index is 11.0. The van der Waals surface area contributed by atoms with Crippen molar-refractivity contribution in [3.63, 3.8) is 0 Å². The first-order chi connectivity index (χ1) is 10.3. The van der Waals surface area contributed by atoms with Gasteiger partial charge >= 0.3 is 0 Å². The summed E-state index contributed by atoms with van der Waals surface area (Å²) >= 11 is 3.34. The third-order valence-electron chi connectivity index (χ3n) is 3.84. The first-order valence-electron chi connectivity index (χ1n) is 7.18. The van der Waals surface area contributed by atoms with E-state index in [1.54, 1.807) is 12.1 Å². The maximum atomic E-state index is 11.0. The molecule has 2 aromatic rings. The molecule has 0 spiro atoms. The number of aromatic nitrogens is 2. The molecular weight excluding hydrogens is 332 g/mol. The van der Waals surface area contributed by atoms with Gasteiger partial charge in [-0.3, -0.25) is 9.48 Å². The minimum atomic E-state index is 0.377. The van der Waals surface area contributed by atoms with E-state index in [1.807, 2.05) is 23.0 Å². The Morgan fingerprint density at radius 1 is 1.33 bits per heavy atom. The van der Waals surface area contributed by atoms with Gasteiger partial charge in [0.05, 0.1) is 17.3 Å². The molecule has 0 saturated heterocycles. The summed E-state index contributed by atoms with van der Waals surface area (Å²) in [6.07, 6.45) is 7.83. The molecule has 0 unspecified atom stereocenters. The molecule has 0 N–H and O–H groups in total. The van der Waals surface area contributed by atoms with Crippen molar-refractivity contribution in [1.82, 2.24) is 9.78 Å². The van der Waals surface area contributed by atoms with Crippen LogP contribution in [0.15, 0.2) is 34.9 Å². The van der Waals surface area contributed by atoms with Crippen LogP contribution in [0.3, 0.4) is 0 Å². The first kappa shape index (κ1) is 14.3. The minimum absolute atomic E-state index is 0.377. The Labute approximate surface area is 132 Å². The van der Waals surface area contributed by atoms with Crippen LogP contribution in [0.5, 0.6) is 5.75 Å². The van der Waals surface area contributed by atoms with Crippen LogP contribution in [0.25, 0.3) is 0 Å².